The third kappa shape index (κ3) is 5.17. The van der Waals surface area contributed by atoms with Gasteiger partial charge in [-0.05, 0) is 49.5 Å². The summed E-state index contributed by atoms with van der Waals surface area (Å²) < 4.78 is 4.93. The van der Waals surface area contributed by atoms with Crippen LogP contribution in [0.3, 0.4) is 0 Å². The van der Waals surface area contributed by atoms with Gasteiger partial charge in [-0.1, -0.05) is 27.2 Å². The van der Waals surface area contributed by atoms with Crippen molar-refractivity contribution in [3.8, 4) is 0 Å². The molecule has 0 aromatic heterocycles. The van der Waals surface area contributed by atoms with E-state index in [0.717, 1.165) is 32.0 Å². The summed E-state index contributed by atoms with van der Waals surface area (Å²) in [5.74, 6) is 1.43. The van der Waals surface area contributed by atoms with Gasteiger partial charge in [0.25, 0.3) is 0 Å². The van der Waals surface area contributed by atoms with Crippen molar-refractivity contribution in [2.75, 3.05) is 26.7 Å². The number of ether oxygens (including phenoxy) is 1. The third-order valence-electron chi connectivity index (χ3n) is 4.79. The van der Waals surface area contributed by atoms with Crippen molar-refractivity contribution in [1.82, 2.24) is 10.2 Å². The first-order chi connectivity index (χ1) is 9.87. The summed E-state index contributed by atoms with van der Waals surface area (Å²) in [5.41, 5.74) is 0.308. The number of hydrogen-bond donors (Lipinski definition) is 1. The van der Waals surface area contributed by atoms with Crippen molar-refractivity contribution < 1.29 is 9.53 Å². The van der Waals surface area contributed by atoms with E-state index in [9.17, 15) is 4.79 Å². The molecule has 122 valence electrons. The number of carbonyl (C=O) groups is 1. The summed E-state index contributed by atoms with van der Waals surface area (Å²) in [7, 11) is 1.48. The van der Waals surface area contributed by atoms with Gasteiger partial charge in [-0.15, -0.1) is 0 Å². The monoisotopic (exact) mass is 296 g/mol. The average Bonchev–Trinajstić information content (AvgIpc) is 2.33. The highest BCUT2D eigenvalue weighted by atomic mass is 16.5. The molecular formula is C17H32N2O2. The van der Waals surface area contributed by atoms with E-state index < -0.39 is 0 Å². The van der Waals surface area contributed by atoms with Crippen LogP contribution in [-0.2, 0) is 4.74 Å². The summed E-state index contributed by atoms with van der Waals surface area (Å²) >= 11 is 0. The molecule has 1 saturated heterocycles. The first-order valence-corrected chi connectivity index (χ1v) is 8.43. The molecule has 21 heavy (non-hydrogen) atoms. The molecule has 0 aromatic rings. The van der Waals surface area contributed by atoms with Crippen molar-refractivity contribution in [3.05, 3.63) is 0 Å². The number of piperidine rings is 1. The first-order valence-electron chi connectivity index (χ1n) is 8.43. The van der Waals surface area contributed by atoms with E-state index in [1.54, 1.807) is 0 Å². The summed E-state index contributed by atoms with van der Waals surface area (Å²) in [4.78, 5) is 13.8. The Kier molecular flexibility index (Phi) is 5.53. The van der Waals surface area contributed by atoms with E-state index in [1.165, 1.54) is 32.8 Å². The van der Waals surface area contributed by atoms with E-state index in [0.29, 0.717) is 17.4 Å². The number of nitrogens with one attached hydrogen (secondary N) is 1. The predicted octanol–water partition coefficient (Wildman–Crippen LogP) is 3.27. The van der Waals surface area contributed by atoms with E-state index in [4.69, 9.17) is 4.74 Å². The van der Waals surface area contributed by atoms with Crippen LogP contribution in [0.15, 0.2) is 0 Å². The first kappa shape index (κ1) is 16.6. The molecule has 0 radical (unpaired) electrons. The van der Waals surface area contributed by atoms with Gasteiger partial charge in [-0.25, -0.2) is 4.79 Å². The van der Waals surface area contributed by atoms with Gasteiger partial charge >= 0.3 is 6.09 Å². The predicted molar refractivity (Wildman–Crippen MR) is 85.3 cm³/mol. The van der Waals surface area contributed by atoms with E-state index in [-0.39, 0.29) is 6.09 Å². The lowest BCUT2D eigenvalue weighted by atomic mass is 9.79. The van der Waals surface area contributed by atoms with Crippen LogP contribution >= 0.6 is 0 Å². The number of amides is 1. The largest absolute Gasteiger partial charge is 0.453 e. The Bertz CT molecular complexity index is 347. The second-order valence-electron chi connectivity index (χ2n) is 8.14. The lowest BCUT2D eigenvalue weighted by Gasteiger charge is -2.40. The molecule has 1 aliphatic carbocycles. The fourth-order valence-corrected chi connectivity index (χ4v) is 3.67. The molecule has 1 saturated carbocycles. The molecule has 1 heterocycles. The maximum absolute atomic E-state index is 11.9. The lowest BCUT2D eigenvalue weighted by molar-refractivity contribution is 0.0790. The topological polar surface area (TPSA) is 41.6 Å². The van der Waals surface area contributed by atoms with E-state index >= 15 is 0 Å². The van der Waals surface area contributed by atoms with Crippen molar-refractivity contribution >= 4 is 6.09 Å². The summed E-state index contributed by atoms with van der Waals surface area (Å²) in [5, 5.41) is 3.70. The second-order valence-corrected chi connectivity index (χ2v) is 8.14. The molecule has 4 nitrogen and oxygen atoms in total. The van der Waals surface area contributed by atoms with Crippen LogP contribution in [-0.4, -0.2) is 43.8 Å². The quantitative estimate of drug-likeness (QED) is 0.865. The minimum atomic E-state index is -0.177. The molecule has 2 unspecified atom stereocenters. The van der Waals surface area contributed by atoms with Gasteiger partial charge in [0.2, 0.25) is 0 Å². The number of nitrogens with zero attached hydrogens (tertiary/aromatic N) is 1. The molecule has 1 aliphatic heterocycles. The highest BCUT2D eigenvalue weighted by Crippen LogP contribution is 2.31. The molecule has 1 N–H and O–H groups in total. The van der Waals surface area contributed by atoms with Crippen molar-refractivity contribution in [2.24, 2.45) is 17.3 Å². The van der Waals surface area contributed by atoms with Crippen LogP contribution in [0.1, 0.15) is 52.9 Å². The maximum Gasteiger partial charge on any atom is 0.409 e. The fourth-order valence-electron chi connectivity index (χ4n) is 3.67. The van der Waals surface area contributed by atoms with Gasteiger partial charge in [0.1, 0.15) is 0 Å². The molecular weight excluding hydrogens is 264 g/mol. The summed E-state index contributed by atoms with van der Waals surface area (Å²) in [6.07, 6.45) is 6.28. The van der Waals surface area contributed by atoms with Gasteiger partial charge in [-0.2, -0.15) is 0 Å². The Hall–Kier alpha value is -0.770. The molecule has 0 bridgehead atoms. The average molecular weight is 296 g/mol. The van der Waals surface area contributed by atoms with Crippen LogP contribution in [0.2, 0.25) is 0 Å². The second kappa shape index (κ2) is 6.99. The van der Waals surface area contributed by atoms with Crippen LogP contribution < -0.4 is 5.32 Å². The van der Waals surface area contributed by atoms with Crippen LogP contribution in [0.25, 0.3) is 0 Å². The van der Waals surface area contributed by atoms with Crippen LogP contribution in [0.5, 0.6) is 0 Å². The normalized spacial score (nSPS) is 27.3. The highest BCUT2D eigenvalue weighted by molar-refractivity contribution is 5.67. The Morgan fingerprint density at radius 1 is 1.24 bits per heavy atom. The van der Waals surface area contributed by atoms with Crippen molar-refractivity contribution in [2.45, 2.75) is 58.9 Å². The van der Waals surface area contributed by atoms with Crippen LogP contribution in [0.4, 0.5) is 4.79 Å². The van der Waals surface area contributed by atoms with E-state index in [1.807, 2.05) is 4.90 Å². The minimum Gasteiger partial charge on any atom is -0.453 e. The molecule has 2 fully saturated rings. The molecule has 0 spiro atoms. The molecule has 1 amide bonds. The molecule has 2 atom stereocenters. The van der Waals surface area contributed by atoms with Crippen LogP contribution in [0, 0.1) is 17.3 Å². The zero-order valence-corrected chi connectivity index (χ0v) is 14.2. The minimum absolute atomic E-state index is 0.177. The number of rotatable bonds is 4. The number of carbonyl (C=O) groups excluding carboxylic acids is 1. The fraction of sp³-hybridized carbons (Fsp3) is 0.941. The highest BCUT2D eigenvalue weighted by Gasteiger charge is 2.33. The standard InChI is InChI=1S/C17H32N2O2/c1-17(2,3)9-14-8-15(18-10-13-6-5-7-13)12-19(11-14)16(20)21-4/h13-15,18H,5-12H2,1-4H3. The summed E-state index contributed by atoms with van der Waals surface area (Å²) in [6.45, 7) is 9.58. The Morgan fingerprint density at radius 2 is 1.95 bits per heavy atom. The van der Waals surface area contributed by atoms with Gasteiger partial charge in [0, 0.05) is 19.1 Å². The van der Waals surface area contributed by atoms with Crippen molar-refractivity contribution in [3.63, 3.8) is 0 Å². The van der Waals surface area contributed by atoms with Gasteiger partial charge in [-0.3, -0.25) is 0 Å². The lowest BCUT2D eigenvalue weighted by Crippen LogP contribution is -2.52. The van der Waals surface area contributed by atoms with E-state index in [2.05, 4.69) is 26.1 Å². The third-order valence-corrected chi connectivity index (χ3v) is 4.79. The zero-order chi connectivity index (χ0) is 15.5. The number of hydrogen-bond acceptors (Lipinski definition) is 3. The Morgan fingerprint density at radius 3 is 2.48 bits per heavy atom. The SMILES string of the molecule is COC(=O)N1CC(CC(C)(C)C)CC(NCC2CCC2)C1. The van der Waals surface area contributed by atoms with Crippen molar-refractivity contribution in [1.29, 1.82) is 0 Å². The molecule has 0 aromatic carbocycles. The summed E-state index contributed by atoms with van der Waals surface area (Å²) in [6, 6.07) is 0.422. The maximum atomic E-state index is 11.9. The van der Waals surface area contributed by atoms with Gasteiger partial charge < -0.3 is 15.0 Å². The van der Waals surface area contributed by atoms with Gasteiger partial charge in [0.05, 0.1) is 7.11 Å². The number of methoxy groups -OCH3 is 1. The molecule has 2 aliphatic rings. The van der Waals surface area contributed by atoms with Gasteiger partial charge in [0.15, 0.2) is 0 Å². The number of likely N-dealkylation sites (tertiary alicyclic amines) is 1. The Labute approximate surface area is 129 Å². The molecule has 2 rings (SSSR count). The smallest absolute Gasteiger partial charge is 0.409 e. The zero-order valence-electron chi connectivity index (χ0n) is 14.2. The Balaban J connectivity index is 1.90. The molecule has 4 heteroatoms.